The minimum absolute atomic E-state index is 0.179. The van der Waals surface area contributed by atoms with Gasteiger partial charge in [0.25, 0.3) is 0 Å². The molecule has 0 heterocycles. The molecule has 0 aliphatic heterocycles. The first-order valence-corrected chi connectivity index (χ1v) is 6.47. The van der Waals surface area contributed by atoms with Crippen LogP contribution in [0.4, 0.5) is 0 Å². The summed E-state index contributed by atoms with van der Waals surface area (Å²) in [5, 5.41) is 0.791. The van der Waals surface area contributed by atoms with Crippen LogP contribution >= 0.6 is 15.9 Å². The van der Waals surface area contributed by atoms with Crippen LogP contribution in [-0.2, 0) is 20.3 Å². The zero-order valence-electron chi connectivity index (χ0n) is 9.92. The van der Waals surface area contributed by atoms with Gasteiger partial charge < -0.3 is 4.74 Å². The first kappa shape index (κ1) is 13.2. The lowest BCUT2D eigenvalue weighted by molar-refractivity contribution is -0.148. The molecule has 0 saturated carbocycles. The van der Waals surface area contributed by atoms with E-state index < -0.39 is 5.41 Å². The first-order chi connectivity index (χ1) is 7.52. The minimum atomic E-state index is -0.589. The van der Waals surface area contributed by atoms with E-state index in [4.69, 9.17) is 4.74 Å². The van der Waals surface area contributed by atoms with Crippen LogP contribution in [-0.4, -0.2) is 12.6 Å². The van der Waals surface area contributed by atoms with Crippen molar-refractivity contribution in [2.75, 3.05) is 6.61 Å². The van der Waals surface area contributed by atoms with E-state index in [2.05, 4.69) is 15.9 Å². The Morgan fingerprint density at radius 3 is 2.69 bits per heavy atom. The zero-order chi connectivity index (χ0) is 12.2. The zero-order valence-corrected chi connectivity index (χ0v) is 11.5. The van der Waals surface area contributed by atoms with E-state index in [1.807, 2.05) is 45.0 Å². The predicted octanol–water partition coefficient (Wildman–Crippen LogP) is 3.42. The van der Waals surface area contributed by atoms with Gasteiger partial charge in [-0.05, 0) is 31.9 Å². The molecule has 1 rings (SSSR count). The van der Waals surface area contributed by atoms with Crippen LogP contribution in [0.25, 0.3) is 0 Å². The number of carbonyl (C=O) groups excluding carboxylic acids is 1. The lowest BCUT2D eigenvalue weighted by atomic mass is 9.84. The average molecular weight is 285 g/mol. The summed E-state index contributed by atoms with van der Waals surface area (Å²) in [6.45, 7) is 6.01. The van der Waals surface area contributed by atoms with E-state index >= 15 is 0 Å². The highest BCUT2D eigenvalue weighted by atomic mass is 79.9. The number of halogens is 1. The molecule has 0 aliphatic carbocycles. The van der Waals surface area contributed by atoms with E-state index in [9.17, 15) is 4.79 Å². The van der Waals surface area contributed by atoms with Crippen molar-refractivity contribution in [1.29, 1.82) is 0 Å². The average Bonchev–Trinajstić information content (AvgIpc) is 2.29. The lowest BCUT2D eigenvalue weighted by Gasteiger charge is -2.23. The Bertz CT molecular complexity index is 372. The van der Waals surface area contributed by atoms with Crippen LogP contribution in [0.2, 0.25) is 0 Å². The molecule has 0 atom stereocenters. The Morgan fingerprint density at radius 1 is 1.44 bits per heavy atom. The molecule has 0 amide bonds. The summed E-state index contributed by atoms with van der Waals surface area (Å²) < 4.78 is 5.08. The topological polar surface area (TPSA) is 26.3 Å². The maximum atomic E-state index is 11.8. The third kappa shape index (κ3) is 2.85. The van der Waals surface area contributed by atoms with Gasteiger partial charge in [0.15, 0.2) is 0 Å². The van der Waals surface area contributed by atoms with Crippen molar-refractivity contribution in [3.8, 4) is 0 Å². The summed E-state index contributed by atoms with van der Waals surface area (Å²) in [6, 6.07) is 7.99. The summed E-state index contributed by atoms with van der Waals surface area (Å²) in [7, 11) is 0. The molecule has 0 N–H and O–H groups in total. The van der Waals surface area contributed by atoms with Crippen molar-refractivity contribution >= 4 is 21.9 Å². The first-order valence-electron chi connectivity index (χ1n) is 5.35. The molecule has 2 nitrogen and oxygen atoms in total. The van der Waals surface area contributed by atoms with Crippen LogP contribution < -0.4 is 0 Å². The SMILES string of the molecule is CCOC(=O)C(C)(C)c1cccc(CBr)c1. The second kappa shape index (κ2) is 5.48. The van der Waals surface area contributed by atoms with Gasteiger partial charge in [0, 0.05) is 5.33 Å². The van der Waals surface area contributed by atoms with E-state index in [0.29, 0.717) is 6.61 Å². The van der Waals surface area contributed by atoms with E-state index in [0.717, 1.165) is 16.5 Å². The van der Waals surface area contributed by atoms with Crippen LogP contribution in [0, 0.1) is 0 Å². The molecule has 0 aromatic heterocycles. The van der Waals surface area contributed by atoms with E-state index in [-0.39, 0.29) is 5.97 Å². The smallest absolute Gasteiger partial charge is 0.315 e. The van der Waals surface area contributed by atoms with Crippen molar-refractivity contribution in [3.05, 3.63) is 35.4 Å². The monoisotopic (exact) mass is 284 g/mol. The highest BCUT2D eigenvalue weighted by Gasteiger charge is 2.31. The van der Waals surface area contributed by atoms with Gasteiger partial charge in [-0.2, -0.15) is 0 Å². The maximum Gasteiger partial charge on any atom is 0.315 e. The van der Waals surface area contributed by atoms with E-state index in [1.165, 1.54) is 0 Å². The highest BCUT2D eigenvalue weighted by Crippen LogP contribution is 2.26. The summed E-state index contributed by atoms with van der Waals surface area (Å²) in [5.74, 6) is -0.179. The summed E-state index contributed by atoms with van der Waals surface area (Å²) in [4.78, 5) is 11.8. The number of alkyl halides is 1. The standard InChI is InChI=1S/C13H17BrO2/c1-4-16-12(15)13(2,3)11-7-5-6-10(8-11)9-14/h5-8H,4,9H2,1-3H3. The molecular weight excluding hydrogens is 268 g/mol. The van der Waals surface area contributed by atoms with Crippen molar-refractivity contribution in [2.24, 2.45) is 0 Å². The number of ether oxygens (including phenoxy) is 1. The maximum absolute atomic E-state index is 11.8. The second-order valence-electron chi connectivity index (χ2n) is 4.18. The van der Waals surface area contributed by atoms with Gasteiger partial charge in [-0.3, -0.25) is 4.79 Å². The fourth-order valence-corrected chi connectivity index (χ4v) is 1.82. The normalized spacial score (nSPS) is 11.2. The molecule has 88 valence electrons. The second-order valence-corrected chi connectivity index (χ2v) is 4.74. The van der Waals surface area contributed by atoms with Crippen molar-refractivity contribution < 1.29 is 9.53 Å². The molecule has 0 spiro atoms. The van der Waals surface area contributed by atoms with Crippen molar-refractivity contribution in [2.45, 2.75) is 31.5 Å². The number of rotatable bonds is 4. The fourth-order valence-electron chi connectivity index (χ4n) is 1.47. The predicted molar refractivity (Wildman–Crippen MR) is 68.7 cm³/mol. The number of hydrogen-bond donors (Lipinski definition) is 0. The molecule has 16 heavy (non-hydrogen) atoms. The van der Waals surface area contributed by atoms with Gasteiger partial charge in [0.05, 0.1) is 12.0 Å². The molecule has 3 heteroatoms. The summed E-state index contributed by atoms with van der Waals surface area (Å²) in [6.07, 6.45) is 0. The Morgan fingerprint density at radius 2 is 2.12 bits per heavy atom. The van der Waals surface area contributed by atoms with E-state index in [1.54, 1.807) is 0 Å². The van der Waals surface area contributed by atoms with Gasteiger partial charge in [-0.15, -0.1) is 0 Å². The largest absolute Gasteiger partial charge is 0.465 e. The molecule has 0 saturated heterocycles. The quantitative estimate of drug-likeness (QED) is 0.626. The Balaban J connectivity index is 3.01. The Hall–Kier alpha value is -0.830. The number of hydrogen-bond acceptors (Lipinski definition) is 2. The number of benzene rings is 1. The van der Waals surface area contributed by atoms with Crippen LogP contribution in [0.15, 0.2) is 24.3 Å². The van der Waals surface area contributed by atoms with Crippen LogP contribution in [0.1, 0.15) is 31.9 Å². The Kier molecular flexibility index (Phi) is 4.54. The van der Waals surface area contributed by atoms with Crippen molar-refractivity contribution in [3.63, 3.8) is 0 Å². The summed E-state index contributed by atoms with van der Waals surface area (Å²) >= 11 is 3.41. The molecule has 1 aromatic rings. The summed E-state index contributed by atoms with van der Waals surface area (Å²) in [5.41, 5.74) is 1.56. The molecule has 0 fully saturated rings. The van der Waals surface area contributed by atoms with Gasteiger partial charge >= 0.3 is 5.97 Å². The highest BCUT2D eigenvalue weighted by molar-refractivity contribution is 9.08. The lowest BCUT2D eigenvalue weighted by Crippen LogP contribution is -2.31. The molecule has 0 radical (unpaired) electrons. The number of carbonyl (C=O) groups is 1. The molecule has 0 unspecified atom stereocenters. The fraction of sp³-hybridized carbons (Fsp3) is 0.462. The van der Waals surface area contributed by atoms with Crippen LogP contribution in [0.5, 0.6) is 0 Å². The molecule has 1 aromatic carbocycles. The van der Waals surface area contributed by atoms with Gasteiger partial charge in [0.2, 0.25) is 0 Å². The minimum Gasteiger partial charge on any atom is -0.465 e. The third-order valence-electron chi connectivity index (χ3n) is 2.59. The number of esters is 1. The van der Waals surface area contributed by atoms with Crippen molar-refractivity contribution in [1.82, 2.24) is 0 Å². The van der Waals surface area contributed by atoms with Gasteiger partial charge in [-0.1, -0.05) is 40.2 Å². The molecular formula is C13H17BrO2. The third-order valence-corrected chi connectivity index (χ3v) is 3.24. The molecule has 0 aliphatic rings. The van der Waals surface area contributed by atoms with Gasteiger partial charge in [-0.25, -0.2) is 0 Å². The molecule has 0 bridgehead atoms. The van der Waals surface area contributed by atoms with Gasteiger partial charge in [0.1, 0.15) is 0 Å². The Labute approximate surface area is 105 Å². The van der Waals surface area contributed by atoms with Crippen LogP contribution in [0.3, 0.4) is 0 Å².